The van der Waals surface area contributed by atoms with Crippen LogP contribution in [0.2, 0.25) is 10.0 Å². The molecule has 4 heteroatoms. The second kappa shape index (κ2) is 6.08. The van der Waals surface area contributed by atoms with Crippen LogP contribution < -0.4 is 5.32 Å². The minimum atomic E-state index is 0.00934. The van der Waals surface area contributed by atoms with E-state index >= 15 is 0 Å². The van der Waals surface area contributed by atoms with Crippen molar-refractivity contribution in [3.63, 3.8) is 0 Å². The minimum absolute atomic E-state index is 0.00934. The Morgan fingerprint density at radius 1 is 1.14 bits per heavy atom. The van der Waals surface area contributed by atoms with Crippen LogP contribution >= 0.6 is 23.2 Å². The highest BCUT2D eigenvalue weighted by Gasteiger charge is 2.23. The number of carbonyl (C=O) groups excluding carboxylic acids is 1. The molecule has 1 aliphatic carbocycles. The number of hydrogen-bond acceptors (Lipinski definition) is 1. The van der Waals surface area contributed by atoms with Gasteiger partial charge >= 0.3 is 0 Å². The number of fused-ring (bicyclic) bond motifs is 1. The molecule has 3 rings (SSSR count). The van der Waals surface area contributed by atoms with Crippen LogP contribution in [0.25, 0.3) is 0 Å². The first kappa shape index (κ1) is 14.4. The molecule has 0 saturated carbocycles. The molecule has 0 fully saturated rings. The number of aryl methyl sites for hydroxylation is 1. The van der Waals surface area contributed by atoms with Gasteiger partial charge in [0.1, 0.15) is 0 Å². The zero-order valence-electron chi connectivity index (χ0n) is 11.4. The molecule has 1 N–H and O–H groups in total. The average molecular weight is 320 g/mol. The van der Waals surface area contributed by atoms with Gasteiger partial charge in [-0.25, -0.2) is 0 Å². The van der Waals surface area contributed by atoms with Crippen LogP contribution in [0.1, 0.15) is 29.2 Å². The second-order valence-corrected chi connectivity index (χ2v) is 6.10. The molecular formula is C17H15Cl2NO. The van der Waals surface area contributed by atoms with Gasteiger partial charge in [0.25, 0.3) is 0 Å². The summed E-state index contributed by atoms with van der Waals surface area (Å²) in [6.45, 7) is 0. The molecule has 1 aliphatic rings. The van der Waals surface area contributed by atoms with Crippen LogP contribution in [0.5, 0.6) is 0 Å². The van der Waals surface area contributed by atoms with E-state index in [0.29, 0.717) is 16.5 Å². The summed E-state index contributed by atoms with van der Waals surface area (Å²) in [6.07, 6.45) is 2.30. The summed E-state index contributed by atoms with van der Waals surface area (Å²) >= 11 is 11.8. The van der Waals surface area contributed by atoms with E-state index in [0.717, 1.165) is 18.4 Å². The fourth-order valence-corrected chi connectivity index (χ4v) is 3.11. The van der Waals surface area contributed by atoms with E-state index in [2.05, 4.69) is 17.4 Å². The second-order valence-electron chi connectivity index (χ2n) is 5.28. The number of amides is 1. The standard InChI is InChI=1S/C17H15Cl2NO/c18-14-7-5-11(9-15(14)19)10-17(21)20-16-8-6-12-3-1-2-4-13(12)16/h1-5,7,9,16H,6,8,10H2,(H,20,21)/t16-/m0/s1. The zero-order chi connectivity index (χ0) is 14.8. The quantitative estimate of drug-likeness (QED) is 0.895. The van der Waals surface area contributed by atoms with E-state index in [-0.39, 0.29) is 11.9 Å². The van der Waals surface area contributed by atoms with Crippen molar-refractivity contribution in [3.05, 3.63) is 69.2 Å². The van der Waals surface area contributed by atoms with Crippen LogP contribution in [0, 0.1) is 0 Å². The van der Waals surface area contributed by atoms with Gasteiger partial charge in [-0.3, -0.25) is 4.79 Å². The maximum Gasteiger partial charge on any atom is 0.224 e. The van der Waals surface area contributed by atoms with Crippen molar-refractivity contribution in [3.8, 4) is 0 Å². The zero-order valence-corrected chi connectivity index (χ0v) is 12.9. The third-order valence-corrected chi connectivity index (χ3v) is 4.56. The highest BCUT2D eigenvalue weighted by atomic mass is 35.5. The van der Waals surface area contributed by atoms with E-state index in [1.807, 2.05) is 18.2 Å². The monoisotopic (exact) mass is 319 g/mol. The number of benzene rings is 2. The van der Waals surface area contributed by atoms with Crippen LogP contribution in [-0.4, -0.2) is 5.91 Å². The summed E-state index contributed by atoms with van der Waals surface area (Å²) in [5.41, 5.74) is 3.44. The van der Waals surface area contributed by atoms with E-state index in [9.17, 15) is 4.79 Å². The van der Waals surface area contributed by atoms with Crippen molar-refractivity contribution in [1.29, 1.82) is 0 Å². The van der Waals surface area contributed by atoms with E-state index in [1.54, 1.807) is 12.1 Å². The highest BCUT2D eigenvalue weighted by Crippen LogP contribution is 2.30. The maximum atomic E-state index is 12.2. The van der Waals surface area contributed by atoms with Gasteiger partial charge in [-0.15, -0.1) is 0 Å². The molecule has 0 radical (unpaired) electrons. The third kappa shape index (κ3) is 3.22. The molecule has 0 saturated heterocycles. The Morgan fingerprint density at radius 2 is 1.95 bits per heavy atom. The summed E-state index contributed by atoms with van der Waals surface area (Å²) in [4.78, 5) is 12.2. The first-order chi connectivity index (χ1) is 10.1. The Balaban J connectivity index is 1.66. The van der Waals surface area contributed by atoms with Gasteiger partial charge < -0.3 is 5.32 Å². The molecule has 0 bridgehead atoms. The number of carbonyl (C=O) groups is 1. The van der Waals surface area contributed by atoms with Gasteiger partial charge in [0.05, 0.1) is 22.5 Å². The maximum absolute atomic E-state index is 12.2. The van der Waals surface area contributed by atoms with E-state index < -0.39 is 0 Å². The number of hydrogen-bond donors (Lipinski definition) is 1. The van der Waals surface area contributed by atoms with Crippen molar-refractivity contribution in [2.24, 2.45) is 0 Å². The molecule has 21 heavy (non-hydrogen) atoms. The van der Waals surface area contributed by atoms with Crippen molar-refractivity contribution in [2.45, 2.75) is 25.3 Å². The molecule has 108 valence electrons. The largest absolute Gasteiger partial charge is 0.349 e. The molecule has 0 unspecified atom stereocenters. The summed E-state index contributed by atoms with van der Waals surface area (Å²) in [5.74, 6) is 0.00934. The summed E-state index contributed by atoms with van der Waals surface area (Å²) < 4.78 is 0. The van der Waals surface area contributed by atoms with E-state index in [1.165, 1.54) is 11.1 Å². The van der Waals surface area contributed by atoms with Crippen molar-refractivity contribution in [1.82, 2.24) is 5.32 Å². The van der Waals surface area contributed by atoms with Crippen LogP contribution in [-0.2, 0) is 17.6 Å². The number of nitrogens with one attached hydrogen (secondary N) is 1. The number of halogens is 2. The van der Waals surface area contributed by atoms with Gasteiger partial charge in [0.15, 0.2) is 0 Å². The fourth-order valence-electron chi connectivity index (χ4n) is 2.79. The Morgan fingerprint density at radius 3 is 2.76 bits per heavy atom. The van der Waals surface area contributed by atoms with Gasteiger partial charge in [-0.2, -0.15) is 0 Å². The van der Waals surface area contributed by atoms with Crippen molar-refractivity contribution < 1.29 is 4.79 Å². The minimum Gasteiger partial charge on any atom is -0.349 e. The van der Waals surface area contributed by atoms with Gasteiger partial charge in [0, 0.05) is 0 Å². The smallest absolute Gasteiger partial charge is 0.224 e. The molecule has 2 aromatic rings. The molecular weight excluding hydrogens is 305 g/mol. The molecule has 0 heterocycles. The van der Waals surface area contributed by atoms with Crippen LogP contribution in [0.4, 0.5) is 0 Å². The lowest BCUT2D eigenvalue weighted by Crippen LogP contribution is -2.28. The van der Waals surface area contributed by atoms with Gasteiger partial charge in [-0.1, -0.05) is 53.5 Å². The van der Waals surface area contributed by atoms with Crippen molar-refractivity contribution >= 4 is 29.1 Å². The molecule has 2 nitrogen and oxygen atoms in total. The summed E-state index contributed by atoms with van der Waals surface area (Å²) in [7, 11) is 0. The average Bonchev–Trinajstić information content (AvgIpc) is 2.86. The Kier molecular flexibility index (Phi) is 4.18. The molecule has 0 aromatic heterocycles. The SMILES string of the molecule is O=C(Cc1ccc(Cl)c(Cl)c1)N[C@H]1CCc2ccccc21. The lowest BCUT2D eigenvalue weighted by molar-refractivity contribution is -0.121. The van der Waals surface area contributed by atoms with Crippen molar-refractivity contribution in [2.75, 3.05) is 0 Å². The normalized spacial score (nSPS) is 16.6. The van der Waals surface area contributed by atoms with Gasteiger partial charge in [0.2, 0.25) is 5.91 Å². The summed E-state index contributed by atoms with van der Waals surface area (Å²) in [5, 5.41) is 4.09. The van der Waals surface area contributed by atoms with Crippen LogP contribution in [0.15, 0.2) is 42.5 Å². The first-order valence-electron chi connectivity index (χ1n) is 6.94. The first-order valence-corrected chi connectivity index (χ1v) is 7.70. The Bertz CT molecular complexity index is 684. The van der Waals surface area contributed by atoms with Crippen LogP contribution in [0.3, 0.4) is 0 Å². The lowest BCUT2D eigenvalue weighted by Gasteiger charge is -2.14. The Labute approximate surface area is 134 Å². The van der Waals surface area contributed by atoms with E-state index in [4.69, 9.17) is 23.2 Å². The fraction of sp³-hybridized carbons (Fsp3) is 0.235. The summed E-state index contributed by atoms with van der Waals surface area (Å²) in [6, 6.07) is 13.7. The number of rotatable bonds is 3. The molecule has 0 spiro atoms. The van der Waals surface area contributed by atoms with Gasteiger partial charge in [-0.05, 0) is 41.7 Å². The molecule has 0 aliphatic heterocycles. The molecule has 1 amide bonds. The third-order valence-electron chi connectivity index (χ3n) is 3.82. The highest BCUT2D eigenvalue weighted by molar-refractivity contribution is 6.42. The lowest BCUT2D eigenvalue weighted by atomic mass is 10.1. The predicted molar refractivity (Wildman–Crippen MR) is 85.8 cm³/mol. The Hall–Kier alpha value is -1.51. The topological polar surface area (TPSA) is 29.1 Å². The molecule has 2 aromatic carbocycles. The predicted octanol–water partition coefficient (Wildman–Crippen LogP) is 4.34. The molecule has 1 atom stereocenters.